The van der Waals surface area contributed by atoms with Gasteiger partial charge in [0, 0.05) is 49.6 Å². The van der Waals surface area contributed by atoms with Crippen LogP contribution in [0.5, 0.6) is 5.75 Å². The molecule has 0 spiro atoms. The summed E-state index contributed by atoms with van der Waals surface area (Å²) in [5, 5.41) is 2.89. The lowest BCUT2D eigenvalue weighted by Gasteiger charge is -2.23. The number of methoxy groups -OCH3 is 1. The topological polar surface area (TPSA) is 108 Å². The third-order valence-electron chi connectivity index (χ3n) is 7.09. The molecule has 1 saturated heterocycles. The molecule has 8 heteroatoms. The highest BCUT2D eigenvalue weighted by Gasteiger charge is 2.20. The number of amides is 1. The number of carbonyl (C=O) groups is 1. The zero-order valence-corrected chi connectivity index (χ0v) is 22.1. The first-order valence-electron chi connectivity index (χ1n) is 13.0. The van der Waals surface area contributed by atoms with Gasteiger partial charge in [0.25, 0.3) is 5.91 Å². The maximum absolute atomic E-state index is 13.5. The van der Waals surface area contributed by atoms with Crippen molar-refractivity contribution in [3.63, 3.8) is 0 Å². The second-order valence-electron chi connectivity index (χ2n) is 9.84. The molecule has 0 aliphatic carbocycles. The molecule has 1 amide bonds. The highest BCUT2D eigenvalue weighted by Crippen LogP contribution is 2.34. The Morgan fingerprint density at radius 2 is 1.74 bits per heavy atom. The Labute approximate surface area is 227 Å². The molecule has 1 aliphatic rings. The zero-order valence-electron chi connectivity index (χ0n) is 22.1. The Kier molecular flexibility index (Phi) is 7.74. The van der Waals surface area contributed by atoms with Crippen LogP contribution < -0.4 is 21.2 Å². The largest absolute Gasteiger partial charge is 0.496 e. The van der Waals surface area contributed by atoms with E-state index in [1.807, 2.05) is 54.1 Å². The van der Waals surface area contributed by atoms with Gasteiger partial charge in [-0.1, -0.05) is 42.0 Å². The molecule has 0 radical (unpaired) electrons. The summed E-state index contributed by atoms with van der Waals surface area (Å²) in [7, 11) is 1.58. The van der Waals surface area contributed by atoms with Crippen LogP contribution in [0.3, 0.4) is 0 Å². The number of nitrogens with zero attached hydrogens (tertiary/aromatic N) is 2. The Balaban J connectivity index is 1.45. The van der Waals surface area contributed by atoms with Gasteiger partial charge < -0.3 is 25.1 Å². The molecule has 3 N–H and O–H groups in total. The number of pyridine rings is 2. The molecule has 5 rings (SSSR count). The van der Waals surface area contributed by atoms with Crippen molar-refractivity contribution in [2.75, 3.05) is 31.4 Å². The SMILES string of the molecule is COc1ccnc(N)c1-c1ccc(NC(=O)c2cn(CC3CCOCC3)cc(-c3ccc(C)cc3)c2=O)cc1. The fraction of sp³-hybridized carbons (Fsp3) is 0.258. The van der Waals surface area contributed by atoms with Crippen LogP contribution in [0, 0.1) is 12.8 Å². The van der Waals surface area contributed by atoms with Crippen molar-refractivity contribution >= 4 is 17.4 Å². The van der Waals surface area contributed by atoms with Crippen LogP contribution in [0.25, 0.3) is 22.3 Å². The van der Waals surface area contributed by atoms with Crippen LogP contribution in [-0.2, 0) is 11.3 Å². The second kappa shape index (κ2) is 11.5. The van der Waals surface area contributed by atoms with Gasteiger partial charge in [0.1, 0.15) is 17.1 Å². The van der Waals surface area contributed by atoms with Crippen molar-refractivity contribution < 1.29 is 14.3 Å². The number of nitrogen functional groups attached to an aromatic ring is 1. The second-order valence-corrected chi connectivity index (χ2v) is 9.84. The minimum Gasteiger partial charge on any atom is -0.496 e. The van der Waals surface area contributed by atoms with Crippen molar-refractivity contribution in [2.24, 2.45) is 5.92 Å². The van der Waals surface area contributed by atoms with Gasteiger partial charge in [-0.25, -0.2) is 4.98 Å². The fourth-order valence-electron chi connectivity index (χ4n) is 4.90. The monoisotopic (exact) mass is 524 g/mol. The van der Waals surface area contributed by atoms with E-state index < -0.39 is 5.91 Å². The molecule has 3 heterocycles. The first-order valence-corrected chi connectivity index (χ1v) is 13.0. The summed E-state index contributed by atoms with van der Waals surface area (Å²) >= 11 is 0. The smallest absolute Gasteiger partial charge is 0.261 e. The van der Waals surface area contributed by atoms with Crippen molar-refractivity contribution in [2.45, 2.75) is 26.3 Å². The fourth-order valence-corrected chi connectivity index (χ4v) is 4.90. The van der Waals surface area contributed by atoms with Crippen LogP contribution in [0.2, 0.25) is 0 Å². The third-order valence-corrected chi connectivity index (χ3v) is 7.09. The van der Waals surface area contributed by atoms with Crippen LogP contribution in [0.1, 0.15) is 28.8 Å². The summed E-state index contributed by atoms with van der Waals surface area (Å²) in [4.78, 5) is 31.1. The van der Waals surface area contributed by atoms with E-state index in [2.05, 4.69) is 10.3 Å². The van der Waals surface area contributed by atoms with Gasteiger partial charge in [-0.05, 0) is 55.0 Å². The standard InChI is InChI=1S/C31H32N4O4/c1-20-3-5-22(6-4-20)25-18-35(17-21-12-15-39-16-13-21)19-26(29(25)36)31(37)34-24-9-7-23(8-10-24)28-27(38-2)11-14-33-30(28)32/h3-11,14,18-19,21H,12-13,15-17H2,1-2H3,(H2,32,33)(H,34,37). The summed E-state index contributed by atoms with van der Waals surface area (Å²) < 4.78 is 12.9. The van der Waals surface area contributed by atoms with Gasteiger partial charge in [-0.15, -0.1) is 0 Å². The summed E-state index contributed by atoms with van der Waals surface area (Å²) in [6.45, 7) is 4.18. The minimum absolute atomic E-state index is 0.0994. The van der Waals surface area contributed by atoms with Crippen molar-refractivity contribution in [3.05, 3.63) is 94.5 Å². The molecule has 39 heavy (non-hydrogen) atoms. The van der Waals surface area contributed by atoms with E-state index in [0.717, 1.165) is 42.7 Å². The number of benzene rings is 2. The normalized spacial score (nSPS) is 13.7. The van der Waals surface area contributed by atoms with Crippen LogP contribution in [0.15, 0.2) is 78.0 Å². The van der Waals surface area contributed by atoms with Crippen molar-refractivity contribution in [1.29, 1.82) is 0 Å². The summed E-state index contributed by atoms with van der Waals surface area (Å²) in [5.74, 6) is 0.926. The number of ether oxygens (including phenoxy) is 2. The lowest BCUT2D eigenvalue weighted by atomic mass is 9.99. The lowest BCUT2D eigenvalue weighted by Crippen LogP contribution is -2.26. The maximum Gasteiger partial charge on any atom is 0.261 e. The van der Waals surface area contributed by atoms with E-state index >= 15 is 0 Å². The number of hydrogen-bond donors (Lipinski definition) is 2. The Hall–Kier alpha value is -4.43. The zero-order chi connectivity index (χ0) is 27.4. The average Bonchev–Trinajstić information content (AvgIpc) is 2.95. The predicted molar refractivity (Wildman–Crippen MR) is 153 cm³/mol. The van der Waals surface area contributed by atoms with E-state index in [0.29, 0.717) is 40.8 Å². The van der Waals surface area contributed by atoms with E-state index in [1.54, 1.807) is 37.7 Å². The molecule has 200 valence electrons. The minimum atomic E-state index is -0.457. The maximum atomic E-state index is 13.5. The summed E-state index contributed by atoms with van der Waals surface area (Å²) in [6.07, 6.45) is 7.02. The molecule has 2 aromatic carbocycles. The number of hydrogen-bond acceptors (Lipinski definition) is 6. The quantitative estimate of drug-likeness (QED) is 0.346. The predicted octanol–water partition coefficient (Wildman–Crippen LogP) is 5.16. The van der Waals surface area contributed by atoms with Crippen molar-refractivity contribution in [1.82, 2.24) is 9.55 Å². The third kappa shape index (κ3) is 5.86. The van der Waals surface area contributed by atoms with Gasteiger partial charge in [-0.3, -0.25) is 9.59 Å². The first kappa shape index (κ1) is 26.2. The van der Waals surface area contributed by atoms with Gasteiger partial charge in [-0.2, -0.15) is 0 Å². The van der Waals surface area contributed by atoms with E-state index in [1.165, 1.54) is 0 Å². The average molecular weight is 525 g/mol. The number of aryl methyl sites for hydroxylation is 1. The van der Waals surface area contributed by atoms with Crippen LogP contribution >= 0.6 is 0 Å². The molecule has 0 atom stereocenters. The number of carbonyl (C=O) groups excluding carboxylic acids is 1. The molecule has 0 unspecified atom stereocenters. The lowest BCUT2D eigenvalue weighted by molar-refractivity contribution is 0.0612. The summed E-state index contributed by atoms with van der Waals surface area (Å²) in [5.41, 5.74) is 10.3. The Morgan fingerprint density at radius 3 is 2.44 bits per heavy atom. The number of rotatable bonds is 7. The van der Waals surface area contributed by atoms with Gasteiger partial charge in [0.05, 0.1) is 12.7 Å². The Morgan fingerprint density at radius 1 is 1.05 bits per heavy atom. The summed E-state index contributed by atoms with van der Waals surface area (Å²) in [6, 6.07) is 16.7. The molecule has 8 nitrogen and oxygen atoms in total. The van der Waals surface area contributed by atoms with Gasteiger partial charge in [0.2, 0.25) is 5.43 Å². The van der Waals surface area contributed by atoms with Crippen LogP contribution in [0.4, 0.5) is 11.5 Å². The number of nitrogens with one attached hydrogen (secondary N) is 1. The van der Waals surface area contributed by atoms with Crippen LogP contribution in [-0.4, -0.2) is 35.8 Å². The van der Waals surface area contributed by atoms with Gasteiger partial charge in [0.15, 0.2) is 0 Å². The molecule has 1 fully saturated rings. The highest BCUT2D eigenvalue weighted by atomic mass is 16.5. The van der Waals surface area contributed by atoms with E-state index in [9.17, 15) is 9.59 Å². The molecule has 4 aromatic rings. The van der Waals surface area contributed by atoms with E-state index in [4.69, 9.17) is 15.2 Å². The number of nitrogens with two attached hydrogens (primary N) is 1. The molecule has 1 aliphatic heterocycles. The molecule has 0 bridgehead atoms. The molecule has 2 aromatic heterocycles. The highest BCUT2D eigenvalue weighted by molar-refractivity contribution is 6.04. The first-order chi connectivity index (χ1) is 18.9. The molecular weight excluding hydrogens is 492 g/mol. The molecular formula is C31H32N4O4. The molecule has 0 saturated carbocycles. The van der Waals surface area contributed by atoms with Crippen molar-refractivity contribution in [3.8, 4) is 28.0 Å². The Bertz CT molecular complexity index is 1520. The van der Waals surface area contributed by atoms with E-state index in [-0.39, 0.29) is 11.0 Å². The number of aromatic nitrogens is 2. The number of anilines is 2. The van der Waals surface area contributed by atoms with Gasteiger partial charge >= 0.3 is 0 Å².